The van der Waals surface area contributed by atoms with E-state index < -0.39 is 5.92 Å². The first kappa shape index (κ1) is 17.5. The number of nitrogens with two attached hydrogens (primary N) is 1. The largest absolute Gasteiger partial charge is 0.493 e. The summed E-state index contributed by atoms with van der Waals surface area (Å²) in [6.45, 7) is 0. The average molecular weight is 374 g/mol. The van der Waals surface area contributed by atoms with Gasteiger partial charge < -0.3 is 19.9 Å². The van der Waals surface area contributed by atoms with Crippen LogP contribution in [0.3, 0.4) is 0 Å². The Morgan fingerprint density at radius 1 is 1.11 bits per heavy atom. The predicted octanol–water partition coefficient (Wildman–Crippen LogP) is 3.31. The minimum absolute atomic E-state index is 0.0241. The number of nitriles is 1. The molecule has 4 rings (SSSR count). The van der Waals surface area contributed by atoms with Crippen molar-refractivity contribution in [2.75, 3.05) is 14.2 Å². The Hall–Kier alpha value is -3.92. The molecule has 0 fully saturated rings. The van der Waals surface area contributed by atoms with E-state index >= 15 is 0 Å². The fourth-order valence-electron chi connectivity index (χ4n) is 3.52. The molecule has 7 nitrogen and oxygen atoms in total. The smallest absolute Gasteiger partial charge is 0.244 e. The molecule has 3 N–H and O–H groups in total. The molecule has 0 unspecified atom stereocenters. The maximum Gasteiger partial charge on any atom is 0.244 e. The minimum Gasteiger partial charge on any atom is -0.493 e. The summed E-state index contributed by atoms with van der Waals surface area (Å²) in [5.41, 5.74) is 9.48. The molecule has 7 heteroatoms. The number of benzene rings is 2. The Morgan fingerprint density at radius 3 is 2.57 bits per heavy atom. The molecule has 0 aliphatic carbocycles. The number of allylic oxidation sites excluding steroid dienone is 1. The van der Waals surface area contributed by atoms with Gasteiger partial charge in [-0.15, -0.1) is 5.10 Å². The van der Waals surface area contributed by atoms with Crippen LogP contribution in [0.1, 0.15) is 17.0 Å². The number of methoxy groups -OCH3 is 2. The van der Waals surface area contributed by atoms with E-state index in [0.717, 1.165) is 22.4 Å². The molecule has 3 aromatic rings. The Balaban J connectivity index is 2.00. The van der Waals surface area contributed by atoms with E-state index in [-0.39, 0.29) is 11.5 Å². The van der Waals surface area contributed by atoms with Crippen molar-refractivity contribution >= 4 is 0 Å². The number of hydrogen-bond donors (Lipinski definition) is 2. The standard InChI is InChI=1S/C21H18N4O3/c1-26-15-10-6-9-13(19(15)27-2)16-14(11-22)20(23)28-21-17(16)18(24-25-21)12-7-4-3-5-8-12/h3-10,16H,23H2,1-2H3,(H,24,25)/t16-/m0/s1. The molecule has 1 atom stereocenters. The normalized spacial score (nSPS) is 15.4. The zero-order valence-corrected chi connectivity index (χ0v) is 15.4. The van der Waals surface area contributed by atoms with Gasteiger partial charge in [0.25, 0.3) is 0 Å². The lowest BCUT2D eigenvalue weighted by Crippen LogP contribution is -2.21. The second-order valence-corrected chi connectivity index (χ2v) is 6.19. The van der Waals surface area contributed by atoms with Gasteiger partial charge in [-0.1, -0.05) is 42.5 Å². The number of aromatic amines is 1. The van der Waals surface area contributed by atoms with Gasteiger partial charge in [0, 0.05) is 5.56 Å². The molecule has 0 radical (unpaired) electrons. The molecule has 1 aromatic heterocycles. The lowest BCUT2D eigenvalue weighted by atomic mass is 9.82. The summed E-state index contributed by atoms with van der Waals surface area (Å²) in [6, 6.07) is 17.4. The van der Waals surface area contributed by atoms with Crippen LogP contribution in [-0.4, -0.2) is 24.4 Å². The fourth-order valence-corrected chi connectivity index (χ4v) is 3.52. The molecule has 140 valence electrons. The molecule has 0 bridgehead atoms. The summed E-state index contributed by atoms with van der Waals surface area (Å²) in [5, 5.41) is 17.1. The van der Waals surface area contributed by atoms with Gasteiger partial charge in [0.15, 0.2) is 11.5 Å². The van der Waals surface area contributed by atoms with Crippen LogP contribution in [0.2, 0.25) is 0 Å². The number of aromatic nitrogens is 2. The molecular weight excluding hydrogens is 356 g/mol. The Morgan fingerprint density at radius 2 is 1.89 bits per heavy atom. The average Bonchev–Trinajstić information content (AvgIpc) is 3.16. The van der Waals surface area contributed by atoms with Gasteiger partial charge in [-0.2, -0.15) is 5.26 Å². The van der Waals surface area contributed by atoms with E-state index in [1.807, 2.05) is 42.5 Å². The molecule has 1 aliphatic heterocycles. The van der Waals surface area contributed by atoms with Gasteiger partial charge in [-0.3, -0.25) is 5.10 Å². The van der Waals surface area contributed by atoms with Crippen molar-refractivity contribution in [3.63, 3.8) is 0 Å². The van der Waals surface area contributed by atoms with Crippen molar-refractivity contribution in [1.29, 1.82) is 5.26 Å². The molecule has 0 saturated heterocycles. The van der Waals surface area contributed by atoms with Gasteiger partial charge in [0.05, 0.1) is 31.4 Å². The van der Waals surface area contributed by atoms with Crippen LogP contribution in [0.4, 0.5) is 0 Å². The van der Waals surface area contributed by atoms with Crippen LogP contribution in [0.15, 0.2) is 60.0 Å². The third-order valence-corrected chi connectivity index (χ3v) is 4.75. The number of nitrogens with one attached hydrogen (secondary N) is 1. The number of fused-ring (bicyclic) bond motifs is 1. The second kappa shape index (κ2) is 7.00. The fraction of sp³-hybridized carbons (Fsp3) is 0.143. The van der Waals surface area contributed by atoms with E-state index in [4.69, 9.17) is 19.9 Å². The van der Waals surface area contributed by atoms with E-state index in [1.165, 1.54) is 0 Å². The maximum absolute atomic E-state index is 9.84. The van der Waals surface area contributed by atoms with Crippen LogP contribution in [-0.2, 0) is 0 Å². The molecular formula is C21H18N4O3. The van der Waals surface area contributed by atoms with Gasteiger partial charge >= 0.3 is 0 Å². The predicted molar refractivity (Wildman–Crippen MR) is 103 cm³/mol. The molecule has 28 heavy (non-hydrogen) atoms. The van der Waals surface area contributed by atoms with Crippen molar-refractivity contribution in [2.45, 2.75) is 5.92 Å². The van der Waals surface area contributed by atoms with Crippen LogP contribution < -0.4 is 19.9 Å². The highest BCUT2D eigenvalue weighted by Gasteiger charge is 2.37. The second-order valence-electron chi connectivity index (χ2n) is 6.19. The maximum atomic E-state index is 9.84. The van der Waals surface area contributed by atoms with Gasteiger partial charge in [-0.25, -0.2) is 0 Å². The topological polar surface area (TPSA) is 106 Å². The SMILES string of the molecule is COc1cccc([C@H]2C(C#N)=C(N)Oc3n[nH]c(-c4ccccc4)c32)c1OC. The van der Waals surface area contributed by atoms with Crippen LogP contribution in [0, 0.1) is 11.3 Å². The van der Waals surface area contributed by atoms with Crippen molar-refractivity contribution in [3.05, 3.63) is 71.1 Å². The van der Waals surface area contributed by atoms with Crippen molar-refractivity contribution < 1.29 is 14.2 Å². The highest BCUT2D eigenvalue weighted by atomic mass is 16.5. The summed E-state index contributed by atoms with van der Waals surface area (Å²) in [5.74, 6) is 0.936. The summed E-state index contributed by atoms with van der Waals surface area (Å²) < 4.78 is 16.7. The molecule has 0 spiro atoms. The van der Waals surface area contributed by atoms with E-state index in [9.17, 15) is 5.26 Å². The zero-order valence-electron chi connectivity index (χ0n) is 15.4. The highest BCUT2D eigenvalue weighted by Crippen LogP contribution is 2.49. The summed E-state index contributed by atoms with van der Waals surface area (Å²) >= 11 is 0. The summed E-state index contributed by atoms with van der Waals surface area (Å²) in [6.07, 6.45) is 0. The highest BCUT2D eigenvalue weighted by molar-refractivity contribution is 5.72. The van der Waals surface area contributed by atoms with E-state index in [0.29, 0.717) is 17.4 Å². The lowest BCUT2D eigenvalue weighted by Gasteiger charge is -2.26. The molecule has 2 heterocycles. The van der Waals surface area contributed by atoms with Crippen LogP contribution in [0.25, 0.3) is 11.3 Å². The number of para-hydroxylation sites is 1. The lowest BCUT2D eigenvalue weighted by molar-refractivity contribution is 0.348. The van der Waals surface area contributed by atoms with Gasteiger partial charge in [-0.05, 0) is 11.6 Å². The number of hydrogen-bond acceptors (Lipinski definition) is 6. The minimum atomic E-state index is -0.521. The molecule has 0 saturated carbocycles. The molecule has 2 aromatic carbocycles. The van der Waals surface area contributed by atoms with Crippen molar-refractivity contribution in [1.82, 2.24) is 10.2 Å². The van der Waals surface area contributed by atoms with Crippen molar-refractivity contribution in [3.8, 4) is 34.7 Å². The number of rotatable bonds is 4. The first-order valence-corrected chi connectivity index (χ1v) is 8.61. The molecule has 0 amide bonds. The first-order chi connectivity index (χ1) is 13.7. The summed E-state index contributed by atoms with van der Waals surface area (Å²) in [7, 11) is 3.13. The Kier molecular flexibility index (Phi) is 4.38. The van der Waals surface area contributed by atoms with Gasteiger partial charge in [0.2, 0.25) is 11.8 Å². The molecule has 1 aliphatic rings. The Bertz CT molecular complexity index is 1100. The van der Waals surface area contributed by atoms with E-state index in [2.05, 4.69) is 16.3 Å². The summed E-state index contributed by atoms with van der Waals surface area (Å²) in [4.78, 5) is 0. The number of nitrogens with zero attached hydrogens (tertiary/aromatic N) is 2. The van der Waals surface area contributed by atoms with Crippen LogP contribution in [0.5, 0.6) is 17.4 Å². The monoisotopic (exact) mass is 374 g/mol. The number of H-pyrrole nitrogens is 1. The third-order valence-electron chi connectivity index (χ3n) is 4.75. The first-order valence-electron chi connectivity index (χ1n) is 8.61. The quantitative estimate of drug-likeness (QED) is 0.726. The third kappa shape index (κ3) is 2.63. The van der Waals surface area contributed by atoms with Crippen molar-refractivity contribution in [2.24, 2.45) is 5.73 Å². The number of ether oxygens (including phenoxy) is 3. The van der Waals surface area contributed by atoms with Crippen LogP contribution >= 0.6 is 0 Å². The van der Waals surface area contributed by atoms with Gasteiger partial charge in [0.1, 0.15) is 11.6 Å². The zero-order chi connectivity index (χ0) is 19.7. The Labute approximate surface area is 162 Å². The van der Waals surface area contributed by atoms with E-state index in [1.54, 1.807) is 20.3 Å².